The van der Waals surface area contributed by atoms with Gasteiger partial charge >= 0.3 is 6.03 Å². The fourth-order valence-corrected chi connectivity index (χ4v) is 3.86. The number of carbonyl (C=O) groups is 2. The molecule has 3 amide bonds. The SMILES string of the molecule is CN1CCN(CCN2C(=O)NC(=O)C23CCCCC3)CC1. The fourth-order valence-electron chi connectivity index (χ4n) is 3.86. The van der Waals surface area contributed by atoms with Crippen LogP contribution in [0.4, 0.5) is 4.79 Å². The molecule has 3 aliphatic rings. The number of urea groups is 1. The summed E-state index contributed by atoms with van der Waals surface area (Å²) in [6.45, 7) is 5.80. The Morgan fingerprint density at radius 1 is 1.00 bits per heavy atom. The summed E-state index contributed by atoms with van der Waals surface area (Å²) in [5.74, 6) is -0.0643. The first-order chi connectivity index (χ1) is 10.1. The molecule has 0 aromatic carbocycles. The quantitative estimate of drug-likeness (QED) is 0.770. The summed E-state index contributed by atoms with van der Waals surface area (Å²) in [6, 6.07) is -0.184. The van der Waals surface area contributed by atoms with Gasteiger partial charge in [0.15, 0.2) is 0 Å². The van der Waals surface area contributed by atoms with Crippen molar-refractivity contribution in [2.75, 3.05) is 46.3 Å². The lowest BCUT2D eigenvalue weighted by Gasteiger charge is -2.40. The number of hydrogen-bond acceptors (Lipinski definition) is 4. The number of nitrogens with one attached hydrogen (secondary N) is 1. The predicted molar refractivity (Wildman–Crippen MR) is 80.0 cm³/mol. The minimum atomic E-state index is -0.540. The molecular weight excluding hydrogens is 268 g/mol. The lowest BCUT2D eigenvalue weighted by molar-refractivity contribution is -0.128. The first-order valence-electron chi connectivity index (χ1n) is 8.16. The van der Waals surface area contributed by atoms with Crippen molar-refractivity contribution in [1.82, 2.24) is 20.0 Å². The van der Waals surface area contributed by atoms with E-state index in [1.165, 1.54) is 6.42 Å². The van der Waals surface area contributed by atoms with Crippen LogP contribution in [0, 0.1) is 0 Å². The molecule has 3 rings (SSSR count). The predicted octanol–water partition coefficient (Wildman–Crippen LogP) is 0.489. The maximum absolute atomic E-state index is 12.3. The third-order valence-corrected chi connectivity index (χ3v) is 5.32. The topological polar surface area (TPSA) is 55.9 Å². The Morgan fingerprint density at radius 2 is 1.67 bits per heavy atom. The second kappa shape index (κ2) is 5.93. The number of amides is 3. The summed E-state index contributed by atoms with van der Waals surface area (Å²) < 4.78 is 0. The number of likely N-dealkylation sites (N-methyl/N-ethyl adjacent to an activating group) is 1. The summed E-state index contributed by atoms with van der Waals surface area (Å²) in [5, 5.41) is 2.54. The zero-order valence-corrected chi connectivity index (χ0v) is 12.9. The van der Waals surface area contributed by atoms with E-state index in [0.717, 1.165) is 58.4 Å². The lowest BCUT2D eigenvalue weighted by Crippen LogP contribution is -2.54. The molecule has 1 spiro atoms. The highest BCUT2D eigenvalue weighted by Crippen LogP contribution is 2.36. The van der Waals surface area contributed by atoms with Crippen LogP contribution in [0.5, 0.6) is 0 Å². The minimum Gasteiger partial charge on any atom is -0.308 e. The van der Waals surface area contributed by atoms with E-state index in [4.69, 9.17) is 0 Å². The first-order valence-corrected chi connectivity index (χ1v) is 8.16. The standard InChI is InChI=1S/C15H26N4O2/c1-17-7-9-18(10-8-17)11-12-19-14(21)16-13(20)15(19)5-3-2-4-6-15/h2-12H2,1H3,(H,16,20,21). The van der Waals surface area contributed by atoms with Crippen molar-refractivity contribution in [3.63, 3.8) is 0 Å². The highest BCUT2D eigenvalue weighted by Gasteiger charge is 2.52. The van der Waals surface area contributed by atoms with Gasteiger partial charge in [0, 0.05) is 39.3 Å². The molecule has 0 radical (unpaired) electrons. The van der Waals surface area contributed by atoms with Crippen molar-refractivity contribution in [3.8, 4) is 0 Å². The smallest absolute Gasteiger partial charge is 0.308 e. The summed E-state index contributed by atoms with van der Waals surface area (Å²) in [5.41, 5.74) is -0.540. The molecule has 2 aliphatic heterocycles. The van der Waals surface area contributed by atoms with Crippen LogP contribution in [-0.2, 0) is 4.79 Å². The molecule has 0 bridgehead atoms. The molecule has 0 aromatic rings. The summed E-state index contributed by atoms with van der Waals surface area (Å²) in [7, 11) is 2.14. The first kappa shape index (κ1) is 14.8. The van der Waals surface area contributed by atoms with Crippen molar-refractivity contribution in [3.05, 3.63) is 0 Å². The van der Waals surface area contributed by atoms with Gasteiger partial charge < -0.3 is 9.80 Å². The zero-order valence-electron chi connectivity index (χ0n) is 12.9. The van der Waals surface area contributed by atoms with E-state index in [-0.39, 0.29) is 11.9 Å². The van der Waals surface area contributed by atoms with E-state index in [1.807, 2.05) is 4.90 Å². The Balaban J connectivity index is 1.62. The van der Waals surface area contributed by atoms with Crippen LogP contribution in [0.15, 0.2) is 0 Å². The van der Waals surface area contributed by atoms with Gasteiger partial charge in [-0.2, -0.15) is 0 Å². The molecule has 6 nitrogen and oxygen atoms in total. The molecule has 0 atom stereocenters. The van der Waals surface area contributed by atoms with Crippen LogP contribution >= 0.6 is 0 Å². The summed E-state index contributed by atoms with van der Waals surface area (Å²) in [4.78, 5) is 31.0. The minimum absolute atomic E-state index is 0.0643. The maximum atomic E-state index is 12.3. The molecule has 1 N–H and O–H groups in total. The van der Waals surface area contributed by atoms with Gasteiger partial charge in [-0.05, 0) is 19.9 Å². The Morgan fingerprint density at radius 3 is 2.33 bits per heavy atom. The number of piperazine rings is 1. The molecule has 118 valence electrons. The Kier molecular flexibility index (Phi) is 4.17. The molecule has 2 saturated heterocycles. The van der Waals surface area contributed by atoms with Crippen LogP contribution in [0.1, 0.15) is 32.1 Å². The van der Waals surface area contributed by atoms with Gasteiger partial charge in [0.05, 0.1) is 0 Å². The number of imide groups is 1. The molecular formula is C15H26N4O2. The molecule has 1 aliphatic carbocycles. The van der Waals surface area contributed by atoms with Gasteiger partial charge in [0.1, 0.15) is 5.54 Å². The van der Waals surface area contributed by atoms with E-state index in [1.54, 1.807) is 0 Å². The van der Waals surface area contributed by atoms with Gasteiger partial charge in [-0.25, -0.2) is 4.79 Å². The van der Waals surface area contributed by atoms with E-state index >= 15 is 0 Å². The van der Waals surface area contributed by atoms with Crippen molar-refractivity contribution in [2.45, 2.75) is 37.6 Å². The van der Waals surface area contributed by atoms with Crippen molar-refractivity contribution in [1.29, 1.82) is 0 Å². The highest BCUT2D eigenvalue weighted by atomic mass is 16.2. The Hall–Kier alpha value is -1.14. The molecule has 0 aromatic heterocycles. The number of nitrogens with zero attached hydrogens (tertiary/aromatic N) is 3. The molecule has 0 unspecified atom stereocenters. The Bertz CT molecular complexity index is 412. The monoisotopic (exact) mass is 294 g/mol. The second-order valence-electron chi connectivity index (χ2n) is 6.65. The van der Waals surface area contributed by atoms with E-state index in [2.05, 4.69) is 22.2 Å². The average Bonchev–Trinajstić information content (AvgIpc) is 2.71. The van der Waals surface area contributed by atoms with Crippen molar-refractivity contribution in [2.24, 2.45) is 0 Å². The number of rotatable bonds is 3. The molecule has 1 saturated carbocycles. The number of hydrogen-bond donors (Lipinski definition) is 1. The Labute approximate surface area is 126 Å². The van der Waals surface area contributed by atoms with Gasteiger partial charge in [-0.3, -0.25) is 15.0 Å². The van der Waals surface area contributed by atoms with E-state index in [9.17, 15) is 9.59 Å². The van der Waals surface area contributed by atoms with Gasteiger partial charge in [0.25, 0.3) is 5.91 Å². The number of carbonyl (C=O) groups excluding carboxylic acids is 2. The molecule has 21 heavy (non-hydrogen) atoms. The largest absolute Gasteiger partial charge is 0.325 e. The zero-order chi connectivity index (χ0) is 14.9. The van der Waals surface area contributed by atoms with Gasteiger partial charge in [-0.15, -0.1) is 0 Å². The van der Waals surface area contributed by atoms with Crippen LogP contribution in [-0.4, -0.2) is 78.5 Å². The van der Waals surface area contributed by atoms with E-state index < -0.39 is 5.54 Å². The lowest BCUT2D eigenvalue weighted by atomic mass is 9.80. The molecule has 3 fully saturated rings. The van der Waals surface area contributed by atoms with Crippen molar-refractivity contribution < 1.29 is 9.59 Å². The summed E-state index contributed by atoms with van der Waals surface area (Å²) in [6.07, 6.45) is 4.92. The van der Waals surface area contributed by atoms with E-state index in [0.29, 0.717) is 6.54 Å². The average molecular weight is 294 g/mol. The summed E-state index contributed by atoms with van der Waals surface area (Å²) >= 11 is 0. The normalized spacial score (nSPS) is 27.4. The fraction of sp³-hybridized carbons (Fsp3) is 0.867. The molecule has 2 heterocycles. The maximum Gasteiger partial charge on any atom is 0.325 e. The van der Waals surface area contributed by atoms with Crippen LogP contribution in [0.2, 0.25) is 0 Å². The molecule has 6 heteroatoms. The second-order valence-corrected chi connectivity index (χ2v) is 6.65. The van der Waals surface area contributed by atoms with Gasteiger partial charge in [0.2, 0.25) is 0 Å². The van der Waals surface area contributed by atoms with Crippen molar-refractivity contribution >= 4 is 11.9 Å². The van der Waals surface area contributed by atoms with Gasteiger partial charge in [-0.1, -0.05) is 19.3 Å². The van der Waals surface area contributed by atoms with Crippen LogP contribution in [0.25, 0.3) is 0 Å². The highest BCUT2D eigenvalue weighted by molar-refractivity contribution is 6.07. The van der Waals surface area contributed by atoms with Crippen LogP contribution in [0.3, 0.4) is 0 Å². The van der Waals surface area contributed by atoms with Crippen LogP contribution < -0.4 is 5.32 Å². The third kappa shape index (κ3) is 2.79. The third-order valence-electron chi connectivity index (χ3n) is 5.32.